The van der Waals surface area contributed by atoms with Crippen molar-refractivity contribution < 1.29 is 4.52 Å². The van der Waals surface area contributed by atoms with Crippen LogP contribution in [-0.2, 0) is 6.54 Å². The second kappa shape index (κ2) is 8.91. The van der Waals surface area contributed by atoms with E-state index in [2.05, 4.69) is 27.2 Å². The van der Waals surface area contributed by atoms with E-state index in [0.29, 0.717) is 5.41 Å². The number of aromatic nitrogens is 1. The van der Waals surface area contributed by atoms with E-state index in [4.69, 9.17) is 9.52 Å². The molecule has 3 aliphatic rings. The van der Waals surface area contributed by atoms with Crippen LogP contribution < -0.4 is 5.32 Å². The largest absolute Gasteiger partial charge is 0.364 e. The van der Waals surface area contributed by atoms with Crippen molar-refractivity contribution >= 4 is 29.9 Å². The maximum absolute atomic E-state index is 5.08. The highest BCUT2D eigenvalue weighted by molar-refractivity contribution is 14.0. The molecule has 0 radical (unpaired) electrons. The van der Waals surface area contributed by atoms with Crippen LogP contribution >= 0.6 is 24.0 Å². The van der Waals surface area contributed by atoms with Crippen molar-refractivity contribution in [1.82, 2.24) is 20.3 Å². The average Bonchev–Trinajstić information content (AvgIpc) is 3.31. The summed E-state index contributed by atoms with van der Waals surface area (Å²) < 4.78 is 4.94. The summed E-state index contributed by atoms with van der Waals surface area (Å²) in [6.07, 6.45) is 8.72. The quantitative estimate of drug-likeness (QED) is 0.391. The number of piperazine rings is 1. The minimum absolute atomic E-state index is 0. The van der Waals surface area contributed by atoms with Crippen molar-refractivity contribution in [2.24, 2.45) is 16.3 Å². The molecule has 146 valence electrons. The summed E-state index contributed by atoms with van der Waals surface area (Å²) in [7, 11) is 0. The highest BCUT2D eigenvalue weighted by atomic mass is 127. The lowest BCUT2D eigenvalue weighted by molar-refractivity contribution is 0.112. The fourth-order valence-electron chi connectivity index (χ4n) is 4.35. The Morgan fingerprint density at radius 3 is 2.62 bits per heavy atom. The molecular weight excluding hydrogens is 441 g/mol. The van der Waals surface area contributed by atoms with Crippen molar-refractivity contribution in [2.45, 2.75) is 45.6 Å². The van der Waals surface area contributed by atoms with E-state index in [-0.39, 0.29) is 24.0 Å². The summed E-state index contributed by atoms with van der Waals surface area (Å²) in [6, 6.07) is 1.95. The Labute approximate surface area is 173 Å². The molecular formula is C19H32IN5O. The van der Waals surface area contributed by atoms with Crippen LogP contribution in [-0.4, -0.2) is 60.2 Å². The number of guanidine groups is 1. The van der Waals surface area contributed by atoms with Gasteiger partial charge >= 0.3 is 0 Å². The third-order valence-corrected chi connectivity index (χ3v) is 6.22. The summed E-state index contributed by atoms with van der Waals surface area (Å²) >= 11 is 0. The Morgan fingerprint density at radius 2 is 2.08 bits per heavy atom. The van der Waals surface area contributed by atoms with Crippen LogP contribution in [0.3, 0.4) is 0 Å². The number of nitrogens with zero attached hydrogens (tertiary/aromatic N) is 4. The second-order valence-electron chi connectivity index (χ2n) is 7.91. The van der Waals surface area contributed by atoms with E-state index in [1.165, 1.54) is 32.1 Å². The minimum atomic E-state index is 0. The normalized spacial score (nSPS) is 23.3. The van der Waals surface area contributed by atoms with Gasteiger partial charge in [-0.2, -0.15) is 0 Å². The molecule has 0 atom stereocenters. The van der Waals surface area contributed by atoms with Crippen LogP contribution in [0.4, 0.5) is 0 Å². The van der Waals surface area contributed by atoms with Crippen molar-refractivity contribution in [3.63, 3.8) is 0 Å². The number of nitrogens with one attached hydrogen (secondary N) is 1. The summed E-state index contributed by atoms with van der Waals surface area (Å²) in [5.41, 5.74) is 1.57. The van der Waals surface area contributed by atoms with Crippen LogP contribution in [0, 0.1) is 11.3 Å². The van der Waals surface area contributed by atoms with Crippen LogP contribution in [0.1, 0.15) is 44.7 Å². The molecule has 26 heavy (non-hydrogen) atoms. The van der Waals surface area contributed by atoms with E-state index < -0.39 is 0 Å². The van der Waals surface area contributed by atoms with Crippen LogP contribution in [0.5, 0.6) is 0 Å². The highest BCUT2D eigenvalue weighted by Crippen LogP contribution is 2.57. The molecule has 2 saturated carbocycles. The molecule has 0 amide bonds. The van der Waals surface area contributed by atoms with E-state index in [0.717, 1.165) is 63.4 Å². The van der Waals surface area contributed by atoms with Gasteiger partial charge in [-0.05, 0) is 43.9 Å². The van der Waals surface area contributed by atoms with E-state index >= 15 is 0 Å². The summed E-state index contributed by atoms with van der Waals surface area (Å²) in [5.74, 6) is 2.09. The summed E-state index contributed by atoms with van der Waals surface area (Å²) in [4.78, 5) is 9.95. The number of hydrogen-bond acceptors (Lipinski definition) is 4. The maximum Gasteiger partial charge on any atom is 0.194 e. The molecule has 1 aliphatic heterocycles. The Hall–Kier alpha value is -0.830. The molecule has 6 nitrogen and oxygen atoms in total. The summed E-state index contributed by atoms with van der Waals surface area (Å²) in [5, 5.41) is 7.55. The first-order chi connectivity index (χ1) is 12.3. The smallest absolute Gasteiger partial charge is 0.194 e. The molecule has 3 fully saturated rings. The predicted octanol–water partition coefficient (Wildman–Crippen LogP) is 2.96. The molecule has 1 N–H and O–H groups in total. The highest BCUT2D eigenvalue weighted by Gasteiger charge is 2.48. The number of halogens is 1. The van der Waals surface area contributed by atoms with Gasteiger partial charge in [0.05, 0.1) is 5.69 Å². The zero-order chi connectivity index (χ0) is 17.1. The first kappa shape index (κ1) is 19.9. The topological polar surface area (TPSA) is 56.9 Å². The second-order valence-corrected chi connectivity index (χ2v) is 7.91. The lowest BCUT2D eigenvalue weighted by atomic mass is 9.65. The number of hydrogen-bond donors (Lipinski definition) is 1. The monoisotopic (exact) mass is 473 g/mol. The van der Waals surface area contributed by atoms with Crippen molar-refractivity contribution in [2.75, 3.05) is 39.3 Å². The van der Waals surface area contributed by atoms with Gasteiger partial charge in [-0.15, -0.1) is 24.0 Å². The van der Waals surface area contributed by atoms with Gasteiger partial charge < -0.3 is 14.7 Å². The molecule has 7 heteroatoms. The van der Waals surface area contributed by atoms with Gasteiger partial charge in [-0.3, -0.25) is 9.89 Å². The number of rotatable bonds is 6. The fraction of sp³-hybridized carbons (Fsp3) is 0.789. The van der Waals surface area contributed by atoms with Gasteiger partial charge in [0.2, 0.25) is 0 Å². The van der Waals surface area contributed by atoms with Gasteiger partial charge in [0.15, 0.2) is 5.96 Å². The third kappa shape index (κ3) is 4.52. The van der Waals surface area contributed by atoms with Crippen LogP contribution in [0.15, 0.2) is 21.8 Å². The Bertz CT molecular complexity index is 575. The Morgan fingerprint density at radius 1 is 1.31 bits per heavy atom. The zero-order valence-corrected chi connectivity index (χ0v) is 18.2. The lowest BCUT2D eigenvalue weighted by Crippen LogP contribution is -2.52. The SMILES string of the molecule is CCNC(=NCC1(C2CC2)CCC1)N1CCN(Cc2ccon2)CC1.I. The fourth-order valence-corrected chi connectivity index (χ4v) is 4.35. The van der Waals surface area contributed by atoms with Gasteiger partial charge in [-0.25, -0.2) is 0 Å². The minimum Gasteiger partial charge on any atom is -0.364 e. The standard InChI is InChI=1S/C19H31N5O.HI/c1-2-20-18(21-15-19(7-3-8-19)16-4-5-16)24-11-9-23(10-12-24)14-17-6-13-25-22-17;/h6,13,16H,2-5,7-12,14-15H2,1H3,(H,20,21);1H. The first-order valence-electron chi connectivity index (χ1n) is 9.94. The van der Waals surface area contributed by atoms with Crippen LogP contribution in [0.25, 0.3) is 0 Å². The van der Waals surface area contributed by atoms with E-state index in [1.807, 2.05) is 6.07 Å². The molecule has 2 heterocycles. The first-order valence-corrected chi connectivity index (χ1v) is 9.94. The molecule has 0 aromatic carbocycles. The van der Waals surface area contributed by atoms with Gasteiger partial charge in [0.25, 0.3) is 0 Å². The average molecular weight is 473 g/mol. The Balaban J connectivity index is 0.00000196. The van der Waals surface area contributed by atoms with Gasteiger partial charge in [-0.1, -0.05) is 11.6 Å². The molecule has 0 bridgehead atoms. The maximum atomic E-state index is 5.08. The third-order valence-electron chi connectivity index (χ3n) is 6.22. The Kier molecular flexibility index (Phi) is 6.82. The van der Waals surface area contributed by atoms with Crippen LogP contribution in [0.2, 0.25) is 0 Å². The predicted molar refractivity (Wildman–Crippen MR) is 114 cm³/mol. The van der Waals surface area contributed by atoms with Crippen molar-refractivity contribution in [1.29, 1.82) is 0 Å². The van der Waals surface area contributed by atoms with E-state index in [1.54, 1.807) is 6.26 Å². The molecule has 4 rings (SSSR count). The molecule has 0 spiro atoms. The molecule has 2 aliphatic carbocycles. The zero-order valence-electron chi connectivity index (χ0n) is 15.8. The van der Waals surface area contributed by atoms with Crippen molar-refractivity contribution in [3.8, 4) is 0 Å². The van der Waals surface area contributed by atoms with E-state index in [9.17, 15) is 0 Å². The molecule has 1 aromatic rings. The van der Waals surface area contributed by atoms with Gasteiger partial charge in [0.1, 0.15) is 6.26 Å². The molecule has 1 saturated heterocycles. The van der Waals surface area contributed by atoms with Gasteiger partial charge in [0, 0.05) is 51.9 Å². The molecule has 0 unspecified atom stereocenters. The lowest BCUT2D eigenvalue weighted by Gasteiger charge is -2.42. The number of aliphatic imine (C=N–C) groups is 1. The molecule has 1 aromatic heterocycles. The summed E-state index contributed by atoms with van der Waals surface area (Å²) in [6.45, 7) is 9.16. The van der Waals surface area contributed by atoms with Crippen molar-refractivity contribution in [3.05, 3.63) is 18.0 Å².